The predicted octanol–water partition coefficient (Wildman–Crippen LogP) is 0.00506. The molecule has 9 nitrogen and oxygen atoms in total. The third kappa shape index (κ3) is 10.4. The van der Waals surface area contributed by atoms with Gasteiger partial charge in [-0.25, -0.2) is 21.6 Å². The summed E-state index contributed by atoms with van der Waals surface area (Å²) in [5, 5.41) is 16.2. The number of nitrogens with zero attached hydrogens (tertiary/aromatic N) is 3. The van der Waals surface area contributed by atoms with Gasteiger partial charge in [-0.2, -0.15) is 14.8 Å². The lowest BCUT2D eigenvalue weighted by Crippen LogP contribution is -2.30. The first-order valence-electron chi connectivity index (χ1n) is 6.89. The molecule has 0 aliphatic rings. The van der Waals surface area contributed by atoms with Gasteiger partial charge in [-0.3, -0.25) is 0 Å². The molecule has 1 N–H and O–H groups in total. The molecule has 1 rings (SSSR count). The highest BCUT2D eigenvalue weighted by Gasteiger charge is 2.16. The van der Waals surface area contributed by atoms with Gasteiger partial charge in [-0.15, -0.1) is 0 Å². The molecule has 0 heterocycles. The minimum atomic E-state index is -3.52. The van der Waals surface area contributed by atoms with E-state index in [0.29, 0.717) is 6.61 Å². The molecule has 11 heteroatoms. The molecule has 0 aromatic heterocycles. The molecular weight excluding hydrogens is 368 g/mol. The number of rotatable bonds is 8. The molecule has 0 unspecified atom stereocenters. The average Bonchev–Trinajstić information content (AvgIpc) is 2.56. The van der Waals surface area contributed by atoms with Gasteiger partial charge in [0.15, 0.2) is 11.5 Å². The van der Waals surface area contributed by atoms with Crippen molar-refractivity contribution < 1.29 is 21.6 Å². The minimum absolute atomic E-state index is 0.0566. The average molecular weight is 388 g/mol. The zero-order valence-corrected chi connectivity index (χ0v) is 15.5. The van der Waals surface area contributed by atoms with E-state index in [-0.39, 0.29) is 6.73 Å². The Bertz CT molecular complexity index is 796. The highest BCUT2D eigenvalue weighted by Crippen LogP contribution is 2.03. The summed E-state index contributed by atoms with van der Waals surface area (Å²) in [7, 11) is -4.14. The van der Waals surface area contributed by atoms with E-state index in [2.05, 4.69) is 0 Å². The number of ether oxygens (including phenoxy) is 1. The van der Waals surface area contributed by atoms with Crippen LogP contribution in [-0.2, 0) is 31.4 Å². The lowest BCUT2D eigenvalue weighted by Gasteiger charge is -2.15. The third-order valence-electron chi connectivity index (χ3n) is 2.67. The van der Waals surface area contributed by atoms with Gasteiger partial charge in [0, 0.05) is 7.05 Å². The highest BCUT2D eigenvalue weighted by atomic mass is 32.2. The molecule has 1 aromatic rings. The van der Waals surface area contributed by atoms with Crippen LogP contribution in [0.5, 0.6) is 0 Å². The van der Waals surface area contributed by atoms with Crippen LogP contribution in [0.15, 0.2) is 30.3 Å². The zero-order valence-electron chi connectivity index (χ0n) is 13.9. The number of sulfonamides is 2. The smallest absolute Gasteiger partial charge is 0.229 e. The summed E-state index contributed by atoms with van der Waals surface area (Å²) >= 11 is 0. The Hall–Kier alpha value is -2.02. The van der Waals surface area contributed by atoms with Crippen molar-refractivity contribution in [1.82, 2.24) is 9.03 Å². The summed E-state index contributed by atoms with van der Waals surface area (Å²) in [6.07, 6.45) is 0. The van der Waals surface area contributed by atoms with Crippen LogP contribution in [0.2, 0.25) is 0 Å². The highest BCUT2D eigenvalue weighted by molar-refractivity contribution is 7.89. The molecule has 0 saturated heterocycles. The Morgan fingerprint density at radius 1 is 1.08 bits per heavy atom. The van der Waals surface area contributed by atoms with Gasteiger partial charge in [-0.1, -0.05) is 30.3 Å². The number of hydrogen-bond donors (Lipinski definition) is 1. The molecular formula is C14H20N4O5S2. The van der Waals surface area contributed by atoms with Gasteiger partial charge in [0.05, 0.1) is 18.7 Å². The van der Waals surface area contributed by atoms with Crippen molar-refractivity contribution in [2.45, 2.75) is 6.61 Å². The quantitative estimate of drug-likeness (QED) is 0.618. The van der Waals surface area contributed by atoms with Crippen molar-refractivity contribution in [1.29, 1.82) is 10.5 Å². The molecule has 0 aliphatic carbocycles. The van der Waals surface area contributed by atoms with Crippen molar-refractivity contribution in [3.05, 3.63) is 35.9 Å². The monoisotopic (exact) mass is 388 g/mol. The first kappa shape index (κ1) is 23.0. The van der Waals surface area contributed by atoms with Crippen molar-refractivity contribution in [3.8, 4) is 12.1 Å². The van der Waals surface area contributed by atoms with Crippen LogP contribution in [0.25, 0.3) is 0 Å². The fourth-order valence-electron chi connectivity index (χ4n) is 1.30. The largest absolute Gasteiger partial charge is 0.360 e. The van der Waals surface area contributed by atoms with Crippen LogP contribution in [-0.4, -0.2) is 53.5 Å². The SMILES string of the molecule is CN(COCc1ccccc1)S(=O)(=O)CC#N.CNS(=O)(=O)CC#N. The molecule has 0 amide bonds. The number of benzene rings is 1. The maximum atomic E-state index is 11.4. The van der Waals surface area contributed by atoms with Gasteiger partial charge in [0.1, 0.15) is 6.73 Å². The standard InChI is InChI=1S/C11H14N2O3S.C3H6N2O2S/c1-13(17(14,15)8-7-12)10-16-9-11-5-3-2-4-6-11;1-5-8(6,7)3-2-4/h2-6H,8-10H2,1H3;5H,3H2,1H3. The summed E-state index contributed by atoms with van der Waals surface area (Å²) in [6, 6.07) is 12.6. The number of nitrogens with one attached hydrogen (secondary N) is 1. The summed E-state index contributed by atoms with van der Waals surface area (Å²) in [6.45, 7) is 0.284. The fraction of sp³-hybridized carbons (Fsp3) is 0.429. The van der Waals surface area contributed by atoms with Crippen LogP contribution in [0, 0.1) is 22.7 Å². The third-order valence-corrected chi connectivity index (χ3v) is 5.35. The lowest BCUT2D eigenvalue weighted by atomic mass is 10.2. The van der Waals surface area contributed by atoms with Crippen LogP contribution in [0.3, 0.4) is 0 Å². The predicted molar refractivity (Wildman–Crippen MR) is 91.7 cm³/mol. The van der Waals surface area contributed by atoms with E-state index in [1.807, 2.05) is 35.1 Å². The Morgan fingerprint density at radius 2 is 1.64 bits per heavy atom. The van der Waals surface area contributed by atoms with E-state index in [1.165, 1.54) is 20.2 Å². The second-order valence-corrected chi connectivity index (χ2v) is 8.60. The molecule has 0 atom stereocenters. The van der Waals surface area contributed by atoms with Crippen molar-refractivity contribution in [2.24, 2.45) is 0 Å². The zero-order chi connectivity index (χ0) is 19.3. The molecule has 0 saturated carbocycles. The van der Waals surface area contributed by atoms with Crippen molar-refractivity contribution in [2.75, 3.05) is 32.3 Å². The molecule has 25 heavy (non-hydrogen) atoms. The van der Waals surface area contributed by atoms with Crippen LogP contribution >= 0.6 is 0 Å². The van der Waals surface area contributed by atoms with E-state index in [4.69, 9.17) is 15.3 Å². The Morgan fingerprint density at radius 3 is 2.08 bits per heavy atom. The Labute approximate surface area is 148 Å². The van der Waals surface area contributed by atoms with Crippen LogP contribution in [0.4, 0.5) is 0 Å². The fourth-order valence-corrected chi connectivity index (χ4v) is 2.23. The maximum absolute atomic E-state index is 11.4. The van der Waals surface area contributed by atoms with E-state index in [9.17, 15) is 16.8 Å². The number of nitriles is 2. The second-order valence-electron chi connectivity index (χ2n) is 4.60. The summed E-state index contributed by atoms with van der Waals surface area (Å²) < 4.78 is 51.6. The first-order valence-corrected chi connectivity index (χ1v) is 10.2. The summed E-state index contributed by atoms with van der Waals surface area (Å²) in [5.41, 5.74) is 0.971. The second kappa shape index (κ2) is 11.5. The van der Waals surface area contributed by atoms with Gasteiger partial charge >= 0.3 is 0 Å². The van der Waals surface area contributed by atoms with Gasteiger partial charge < -0.3 is 4.74 Å². The van der Waals surface area contributed by atoms with Crippen molar-refractivity contribution in [3.63, 3.8) is 0 Å². The Balaban J connectivity index is 0.000000609. The normalized spacial score (nSPS) is 11.1. The first-order chi connectivity index (χ1) is 11.7. The Kier molecular flexibility index (Phi) is 10.6. The van der Waals surface area contributed by atoms with Crippen LogP contribution < -0.4 is 4.72 Å². The van der Waals surface area contributed by atoms with E-state index >= 15 is 0 Å². The van der Waals surface area contributed by atoms with Gasteiger partial charge in [-0.05, 0) is 12.6 Å². The van der Waals surface area contributed by atoms with E-state index < -0.39 is 31.6 Å². The summed E-state index contributed by atoms with van der Waals surface area (Å²) in [4.78, 5) is 0. The molecule has 0 spiro atoms. The molecule has 1 aromatic carbocycles. The summed E-state index contributed by atoms with van der Waals surface area (Å²) in [5.74, 6) is -0.998. The number of hydrogen-bond acceptors (Lipinski definition) is 7. The van der Waals surface area contributed by atoms with Gasteiger partial charge in [0.2, 0.25) is 20.0 Å². The van der Waals surface area contributed by atoms with Crippen molar-refractivity contribution >= 4 is 20.0 Å². The topological polar surface area (TPSA) is 140 Å². The molecule has 0 fully saturated rings. The van der Waals surface area contributed by atoms with E-state index in [0.717, 1.165) is 9.87 Å². The molecule has 0 bridgehead atoms. The van der Waals surface area contributed by atoms with Crippen LogP contribution in [0.1, 0.15) is 5.56 Å². The molecule has 0 aliphatic heterocycles. The molecule has 0 radical (unpaired) electrons. The lowest BCUT2D eigenvalue weighted by molar-refractivity contribution is 0.0693. The van der Waals surface area contributed by atoms with Gasteiger partial charge in [0.25, 0.3) is 0 Å². The molecule has 138 valence electrons. The minimum Gasteiger partial charge on any atom is -0.360 e. The van der Waals surface area contributed by atoms with E-state index in [1.54, 1.807) is 6.07 Å². The maximum Gasteiger partial charge on any atom is 0.229 e.